The van der Waals surface area contributed by atoms with Gasteiger partial charge in [0.1, 0.15) is 18.2 Å². The minimum absolute atomic E-state index is 0.128. The molecule has 0 radical (unpaired) electrons. The molecule has 138 valence electrons. The van der Waals surface area contributed by atoms with Gasteiger partial charge in [-0.05, 0) is 29.8 Å². The van der Waals surface area contributed by atoms with Crippen LogP contribution < -0.4 is 20.7 Å². The Bertz CT molecular complexity index is 765. The van der Waals surface area contributed by atoms with Gasteiger partial charge < -0.3 is 20.7 Å². The first kappa shape index (κ1) is 19.2. The van der Waals surface area contributed by atoms with Crippen LogP contribution in [0.3, 0.4) is 0 Å². The summed E-state index contributed by atoms with van der Waals surface area (Å²) >= 11 is 0. The van der Waals surface area contributed by atoms with Crippen LogP contribution in [0.5, 0.6) is 5.75 Å². The van der Waals surface area contributed by atoms with E-state index in [9.17, 15) is 9.18 Å². The Morgan fingerprint density at radius 3 is 2.69 bits per heavy atom. The number of hydrogen-bond acceptors (Lipinski definition) is 3. The van der Waals surface area contributed by atoms with E-state index >= 15 is 0 Å². The van der Waals surface area contributed by atoms with Crippen LogP contribution >= 0.6 is 0 Å². The highest BCUT2D eigenvalue weighted by atomic mass is 19.1. The van der Waals surface area contributed by atoms with Crippen molar-refractivity contribution in [3.63, 3.8) is 0 Å². The maximum absolute atomic E-state index is 13.2. The molecule has 3 N–H and O–H groups in total. The van der Waals surface area contributed by atoms with Crippen LogP contribution in [0.25, 0.3) is 0 Å². The third kappa shape index (κ3) is 6.80. The summed E-state index contributed by atoms with van der Waals surface area (Å²) in [5, 5.41) is 8.94. The summed E-state index contributed by atoms with van der Waals surface area (Å²) in [5.74, 6) is 0.879. The van der Waals surface area contributed by atoms with Crippen LogP contribution in [-0.4, -0.2) is 32.1 Å². The van der Waals surface area contributed by atoms with Crippen LogP contribution in [0.1, 0.15) is 12.5 Å². The van der Waals surface area contributed by atoms with E-state index in [0.29, 0.717) is 37.1 Å². The van der Waals surface area contributed by atoms with Crippen LogP contribution in [-0.2, 0) is 11.3 Å². The van der Waals surface area contributed by atoms with E-state index < -0.39 is 0 Å². The lowest BCUT2D eigenvalue weighted by Gasteiger charge is -2.13. The van der Waals surface area contributed by atoms with E-state index in [4.69, 9.17) is 4.74 Å². The molecule has 0 unspecified atom stereocenters. The minimum Gasteiger partial charge on any atom is -0.492 e. The number of carbonyl (C=O) groups excluding carboxylic acids is 1. The fraction of sp³-hybridized carbons (Fsp3) is 0.263. The lowest BCUT2D eigenvalue weighted by molar-refractivity contribution is -0.114. The smallest absolute Gasteiger partial charge is 0.221 e. The van der Waals surface area contributed by atoms with Crippen LogP contribution in [0, 0.1) is 5.82 Å². The summed E-state index contributed by atoms with van der Waals surface area (Å²) in [6.45, 7) is 2.88. The molecule has 0 spiro atoms. The number of benzene rings is 2. The van der Waals surface area contributed by atoms with Gasteiger partial charge >= 0.3 is 0 Å². The molecule has 6 nitrogen and oxygen atoms in total. The number of rotatable bonds is 7. The van der Waals surface area contributed by atoms with E-state index in [1.54, 1.807) is 25.2 Å². The molecule has 7 heteroatoms. The standard InChI is InChI=1S/C19H23FN4O2/c1-14(25)24-17-7-4-8-18(12-17)26-10-9-22-19(21-2)23-13-15-5-3-6-16(20)11-15/h3-8,11-12H,9-10,13H2,1-2H3,(H,24,25)(H2,21,22,23). The Morgan fingerprint density at radius 2 is 1.96 bits per heavy atom. The first-order valence-electron chi connectivity index (χ1n) is 8.26. The van der Waals surface area contributed by atoms with E-state index in [-0.39, 0.29) is 11.7 Å². The predicted octanol–water partition coefficient (Wildman–Crippen LogP) is 2.53. The second-order valence-corrected chi connectivity index (χ2v) is 5.54. The predicted molar refractivity (Wildman–Crippen MR) is 101 cm³/mol. The molecular weight excluding hydrogens is 335 g/mol. The first-order chi connectivity index (χ1) is 12.6. The van der Waals surface area contributed by atoms with Gasteiger partial charge in [-0.25, -0.2) is 4.39 Å². The number of guanidine groups is 1. The summed E-state index contributed by atoms with van der Waals surface area (Å²) in [5.41, 5.74) is 1.52. The van der Waals surface area contributed by atoms with E-state index in [1.165, 1.54) is 19.1 Å². The lowest BCUT2D eigenvalue weighted by Crippen LogP contribution is -2.38. The van der Waals surface area contributed by atoms with Gasteiger partial charge in [-0.1, -0.05) is 18.2 Å². The molecule has 2 rings (SSSR count). The summed E-state index contributed by atoms with van der Waals surface area (Å²) in [6.07, 6.45) is 0. The largest absolute Gasteiger partial charge is 0.492 e. The summed E-state index contributed by atoms with van der Waals surface area (Å²) < 4.78 is 18.8. The van der Waals surface area contributed by atoms with Crippen molar-refractivity contribution in [1.82, 2.24) is 10.6 Å². The lowest BCUT2D eigenvalue weighted by atomic mass is 10.2. The molecule has 0 fully saturated rings. The molecule has 2 aromatic carbocycles. The summed E-state index contributed by atoms with van der Waals surface area (Å²) in [6, 6.07) is 13.6. The van der Waals surface area contributed by atoms with E-state index in [0.717, 1.165) is 5.56 Å². The Balaban J connectivity index is 1.73. The van der Waals surface area contributed by atoms with Crippen LogP contribution in [0.2, 0.25) is 0 Å². The highest BCUT2D eigenvalue weighted by Gasteiger charge is 2.01. The van der Waals surface area contributed by atoms with Crippen molar-refractivity contribution in [3.8, 4) is 5.75 Å². The number of hydrogen-bond donors (Lipinski definition) is 3. The highest BCUT2D eigenvalue weighted by Crippen LogP contribution is 2.17. The van der Waals surface area contributed by atoms with Crippen molar-refractivity contribution in [2.45, 2.75) is 13.5 Å². The maximum Gasteiger partial charge on any atom is 0.221 e. The summed E-state index contributed by atoms with van der Waals surface area (Å²) in [7, 11) is 1.67. The van der Waals surface area contributed by atoms with Crippen molar-refractivity contribution in [3.05, 3.63) is 59.9 Å². The van der Waals surface area contributed by atoms with E-state index in [2.05, 4.69) is 20.9 Å². The summed E-state index contributed by atoms with van der Waals surface area (Å²) in [4.78, 5) is 15.2. The van der Waals surface area contributed by atoms with Crippen molar-refractivity contribution in [2.75, 3.05) is 25.5 Å². The quantitative estimate of drug-likeness (QED) is 0.404. The molecular formula is C19H23FN4O2. The molecule has 26 heavy (non-hydrogen) atoms. The van der Waals surface area contributed by atoms with E-state index in [1.807, 2.05) is 18.2 Å². The molecule has 2 aromatic rings. The molecule has 0 saturated carbocycles. The number of carbonyl (C=O) groups is 1. The number of aliphatic imine (C=N–C) groups is 1. The Kier molecular flexibility index (Phi) is 7.42. The van der Waals surface area contributed by atoms with Gasteiger partial charge in [0.15, 0.2) is 5.96 Å². The third-order valence-electron chi connectivity index (χ3n) is 3.39. The molecule has 0 aliphatic rings. The zero-order valence-electron chi connectivity index (χ0n) is 14.9. The van der Waals surface area contributed by atoms with Gasteiger partial charge in [0.2, 0.25) is 5.91 Å². The normalized spacial score (nSPS) is 11.0. The molecule has 0 bridgehead atoms. The molecule has 0 heterocycles. The van der Waals surface area contributed by atoms with Crippen molar-refractivity contribution < 1.29 is 13.9 Å². The van der Waals surface area contributed by atoms with Crippen molar-refractivity contribution in [2.24, 2.45) is 4.99 Å². The Hall–Kier alpha value is -3.09. The number of nitrogens with one attached hydrogen (secondary N) is 3. The van der Waals surface area contributed by atoms with Crippen LogP contribution in [0.4, 0.5) is 10.1 Å². The topological polar surface area (TPSA) is 74.8 Å². The van der Waals surface area contributed by atoms with Crippen molar-refractivity contribution in [1.29, 1.82) is 0 Å². The molecule has 0 aliphatic heterocycles. The fourth-order valence-corrected chi connectivity index (χ4v) is 2.26. The van der Waals surface area contributed by atoms with Gasteiger partial charge in [-0.3, -0.25) is 9.79 Å². The third-order valence-corrected chi connectivity index (χ3v) is 3.39. The van der Waals surface area contributed by atoms with Crippen LogP contribution in [0.15, 0.2) is 53.5 Å². The zero-order chi connectivity index (χ0) is 18.8. The average molecular weight is 358 g/mol. The molecule has 0 atom stereocenters. The maximum atomic E-state index is 13.2. The average Bonchev–Trinajstić information content (AvgIpc) is 2.61. The Morgan fingerprint density at radius 1 is 1.15 bits per heavy atom. The molecule has 0 saturated heterocycles. The number of ether oxygens (including phenoxy) is 1. The number of anilines is 1. The van der Waals surface area contributed by atoms with Gasteiger partial charge in [0.05, 0.1) is 6.54 Å². The molecule has 1 amide bonds. The van der Waals surface area contributed by atoms with Gasteiger partial charge in [0.25, 0.3) is 0 Å². The van der Waals surface area contributed by atoms with Gasteiger partial charge in [-0.15, -0.1) is 0 Å². The van der Waals surface area contributed by atoms with Gasteiger partial charge in [-0.2, -0.15) is 0 Å². The van der Waals surface area contributed by atoms with Gasteiger partial charge in [0, 0.05) is 32.3 Å². The zero-order valence-corrected chi connectivity index (χ0v) is 14.9. The second-order valence-electron chi connectivity index (χ2n) is 5.54. The van der Waals surface area contributed by atoms with Crippen molar-refractivity contribution >= 4 is 17.6 Å². The molecule has 0 aliphatic carbocycles. The Labute approximate surface area is 152 Å². The number of nitrogens with zero attached hydrogens (tertiary/aromatic N) is 1. The highest BCUT2D eigenvalue weighted by molar-refractivity contribution is 5.88. The minimum atomic E-state index is -0.262. The SMILES string of the molecule is CN=C(NCCOc1cccc(NC(C)=O)c1)NCc1cccc(F)c1. The fourth-order valence-electron chi connectivity index (χ4n) is 2.26. The number of halogens is 1. The monoisotopic (exact) mass is 358 g/mol. The first-order valence-corrected chi connectivity index (χ1v) is 8.26. The number of amides is 1. The second kappa shape index (κ2) is 10.0. The molecule has 0 aromatic heterocycles.